The number of sulfonamides is 1. The Labute approximate surface area is 240 Å². The molecule has 0 aromatic heterocycles. The molecule has 4 rings (SSSR count). The van der Waals surface area contributed by atoms with Crippen LogP contribution in [0.4, 0.5) is 0 Å². The first-order valence-electron chi connectivity index (χ1n) is 13.1. The number of nitrogens with one attached hydrogen (secondary N) is 1. The Morgan fingerprint density at radius 3 is 2.33 bits per heavy atom. The number of fused-ring (bicyclic) bond motifs is 1. The van der Waals surface area contributed by atoms with Gasteiger partial charge in [-0.1, -0.05) is 79.4 Å². The molecule has 208 valence electrons. The van der Waals surface area contributed by atoms with E-state index in [2.05, 4.69) is 5.32 Å². The monoisotopic (exact) mass is 589 g/mol. The number of rotatable bonds is 10. The fraction of sp³-hybridized carbons (Fsp3) is 0.379. The average molecular weight is 591 g/mol. The Morgan fingerprint density at radius 1 is 0.974 bits per heavy atom. The van der Waals surface area contributed by atoms with Gasteiger partial charge in [0.2, 0.25) is 21.8 Å². The van der Waals surface area contributed by atoms with Gasteiger partial charge in [-0.25, -0.2) is 8.42 Å². The molecule has 1 fully saturated rings. The molecule has 39 heavy (non-hydrogen) atoms. The second-order valence-electron chi connectivity index (χ2n) is 9.95. The lowest BCUT2D eigenvalue weighted by molar-refractivity contribution is -0.141. The zero-order valence-corrected chi connectivity index (χ0v) is 24.4. The summed E-state index contributed by atoms with van der Waals surface area (Å²) in [6.45, 7) is 1.49. The smallest absolute Gasteiger partial charge is 0.243 e. The lowest BCUT2D eigenvalue weighted by atomic mass is 10.1. The van der Waals surface area contributed by atoms with Crippen LogP contribution < -0.4 is 5.32 Å². The van der Waals surface area contributed by atoms with Crippen LogP contribution in [0.5, 0.6) is 0 Å². The number of hydrogen-bond acceptors (Lipinski definition) is 4. The van der Waals surface area contributed by atoms with Crippen molar-refractivity contribution in [3.8, 4) is 0 Å². The molecule has 10 heteroatoms. The van der Waals surface area contributed by atoms with E-state index in [9.17, 15) is 18.0 Å². The Balaban J connectivity index is 1.59. The van der Waals surface area contributed by atoms with E-state index in [0.29, 0.717) is 22.0 Å². The normalized spacial score (nSPS) is 15.0. The highest BCUT2D eigenvalue weighted by Gasteiger charge is 2.33. The predicted octanol–water partition coefficient (Wildman–Crippen LogP) is 5.63. The van der Waals surface area contributed by atoms with E-state index in [1.165, 1.54) is 18.0 Å². The first-order valence-corrected chi connectivity index (χ1v) is 15.3. The SMILES string of the molecule is CCC(C(=O)NC1CCCC1)N(Cc1ccc(Cl)c(Cl)c1)C(=O)CN(C)S(=O)(=O)c1ccc2ccccc2c1. The molecular weight excluding hydrogens is 557 g/mol. The van der Waals surface area contributed by atoms with E-state index >= 15 is 0 Å². The van der Waals surface area contributed by atoms with Crippen molar-refractivity contribution in [1.82, 2.24) is 14.5 Å². The highest BCUT2D eigenvalue weighted by Crippen LogP contribution is 2.26. The molecule has 2 amide bonds. The van der Waals surface area contributed by atoms with Crippen molar-refractivity contribution in [3.63, 3.8) is 0 Å². The molecule has 0 bridgehead atoms. The number of likely N-dealkylation sites (N-methyl/N-ethyl adjacent to an activating group) is 1. The molecule has 0 aliphatic heterocycles. The van der Waals surface area contributed by atoms with Crippen LogP contribution in [0.25, 0.3) is 10.8 Å². The first-order chi connectivity index (χ1) is 18.6. The second-order valence-corrected chi connectivity index (χ2v) is 12.8. The van der Waals surface area contributed by atoms with Gasteiger partial charge in [-0.05, 0) is 59.9 Å². The maximum Gasteiger partial charge on any atom is 0.243 e. The molecule has 1 saturated carbocycles. The van der Waals surface area contributed by atoms with Crippen LogP contribution in [0.15, 0.2) is 65.6 Å². The Bertz CT molecular complexity index is 1460. The van der Waals surface area contributed by atoms with E-state index in [4.69, 9.17) is 23.2 Å². The minimum Gasteiger partial charge on any atom is -0.352 e. The first kappa shape index (κ1) is 29.3. The third-order valence-corrected chi connectivity index (χ3v) is 9.75. The van der Waals surface area contributed by atoms with E-state index in [1.807, 2.05) is 31.2 Å². The van der Waals surface area contributed by atoms with Crippen LogP contribution in [-0.2, 0) is 26.2 Å². The predicted molar refractivity (Wildman–Crippen MR) is 155 cm³/mol. The summed E-state index contributed by atoms with van der Waals surface area (Å²) in [5.74, 6) is -0.723. The van der Waals surface area contributed by atoms with E-state index < -0.39 is 28.5 Å². The van der Waals surface area contributed by atoms with Crippen LogP contribution in [0.3, 0.4) is 0 Å². The maximum atomic E-state index is 13.7. The number of hydrogen-bond donors (Lipinski definition) is 1. The standard InChI is InChI=1S/C29H33Cl2N3O4S/c1-3-27(29(36)32-23-10-6-7-11-23)34(18-20-12-15-25(30)26(31)16-20)28(35)19-33(2)39(37,38)24-14-13-21-8-4-5-9-22(21)17-24/h4-5,8-9,12-17,23,27H,3,6-7,10-11,18-19H2,1-2H3,(H,32,36). The quantitative estimate of drug-likeness (QED) is 0.332. The van der Waals surface area contributed by atoms with Crippen LogP contribution in [0.2, 0.25) is 10.0 Å². The molecule has 1 unspecified atom stereocenters. The number of benzene rings is 3. The zero-order chi connectivity index (χ0) is 28.2. The third kappa shape index (κ3) is 6.92. The molecule has 0 heterocycles. The number of halogens is 2. The lowest BCUT2D eigenvalue weighted by Crippen LogP contribution is -2.53. The molecule has 1 N–H and O–H groups in total. The Hall–Kier alpha value is -2.65. The number of amides is 2. The van der Waals surface area contributed by atoms with Crippen LogP contribution in [0.1, 0.15) is 44.6 Å². The van der Waals surface area contributed by atoms with Gasteiger partial charge in [0.1, 0.15) is 6.04 Å². The van der Waals surface area contributed by atoms with Crippen LogP contribution in [-0.4, -0.2) is 55.1 Å². The number of carbonyl (C=O) groups excluding carboxylic acids is 2. The van der Waals surface area contributed by atoms with Gasteiger partial charge in [-0.2, -0.15) is 4.31 Å². The molecule has 1 aliphatic carbocycles. The minimum atomic E-state index is -3.97. The molecule has 1 atom stereocenters. The summed E-state index contributed by atoms with van der Waals surface area (Å²) >= 11 is 12.3. The van der Waals surface area contributed by atoms with Gasteiger partial charge in [0.15, 0.2) is 0 Å². The highest BCUT2D eigenvalue weighted by atomic mass is 35.5. The van der Waals surface area contributed by atoms with Gasteiger partial charge in [-0.15, -0.1) is 0 Å². The van der Waals surface area contributed by atoms with E-state index in [0.717, 1.165) is 40.8 Å². The average Bonchev–Trinajstić information content (AvgIpc) is 3.43. The van der Waals surface area contributed by atoms with Gasteiger partial charge in [0.25, 0.3) is 0 Å². The summed E-state index contributed by atoms with van der Waals surface area (Å²) < 4.78 is 27.9. The molecule has 1 aliphatic rings. The van der Waals surface area contributed by atoms with Crippen LogP contribution in [0, 0.1) is 0 Å². The van der Waals surface area contributed by atoms with Gasteiger partial charge in [0.05, 0.1) is 21.5 Å². The second kappa shape index (κ2) is 12.7. The molecule has 0 radical (unpaired) electrons. The van der Waals surface area contributed by atoms with Crippen molar-refractivity contribution >= 4 is 55.8 Å². The van der Waals surface area contributed by atoms with Gasteiger partial charge < -0.3 is 10.2 Å². The van der Waals surface area contributed by atoms with Crippen molar-refractivity contribution in [2.75, 3.05) is 13.6 Å². The summed E-state index contributed by atoms with van der Waals surface area (Å²) in [5, 5.41) is 5.51. The van der Waals surface area contributed by atoms with Gasteiger partial charge in [0, 0.05) is 19.6 Å². The summed E-state index contributed by atoms with van der Waals surface area (Å²) in [7, 11) is -2.59. The largest absolute Gasteiger partial charge is 0.352 e. The third-order valence-electron chi connectivity index (χ3n) is 7.21. The van der Waals surface area contributed by atoms with Crippen molar-refractivity contribution in [1.29, 1.82) is 0 Å². The Morgan fingerprint density at radius 2 is 1.67 bits per heavy atom. The summed E-state index contributed by atoms with van der Waals surface area (Å²) in [6, 6.07) is 16.7. The maximum absolute atomic E-state index is 13.7. The summed E-state index contributed by atoms with van der Waals surface area (Å²) in [5.41, 5.74) is 0.685. The topological polar surface area (TPSA) is 86.8 Å². The van der Waals surface area contributed by atoms with Gasteiger partial charge >= 0.3 is 0 Å². The lowest BCUT2D eigenvalue weighted by Gasteiger charge is -2.32. The van der Waals surface area contributed by atoms with Crippen molar-refractivity contribution in [3.05, 3.63) is 76.3 Å². The number of nitrogens with zero attached hydrogens (tertiary/aromatic N) is 2. The van der Waals surface area contributed by atoms with Gasteiger partial charge in [-0.3, -0.25) is 9.59 Å². The van der Waals surface area contributed by atoms with Crippen LogP contribution >= 0.6 is 23.2 Å². The Kier molecular flexibility index (Phi) is 9.54. The minimum absolute atomic E-state index is 0.0795. The molecule has 0 saturated heterocycles. The fourth-order valence-corrected chi connectivity index (χ4v) is 6.47. The summed E-state index contributed by atoms with van der Waals surface area (Å²) in [6.07, 6.45) is 4.31. The molecule has 0 spiro atoms. The van der Waals surface area contributed by atoms with Crippen molar-refractivity contribution in [2.24, 2.45) is 0 Å². The van der Waals surface area contributed by atoms with E-state index in [-0.39, 0.29) is 23.4 Å². The molecule has 3 aromatic rings. The van der Waals surface area contributed by atoms with Crippen molar-refractivity contribution < 1.29 is 18.0 Å². The fourth-order valence-electron chi connectivity index (χ4n) is 5.00. The molecular formula is C29H33Cl2N3O4S. The summed E-state index contributed by atoms with van der Waals surface area (Å²) in [4.78, 5) is 28.6. The van der Waals surface area contributed by atoms with E-state index in [1.54, 1.807) is 30.3 Å². The number of carbonyl (C=O) groups is 2. The van der Waals surface area contributed by atoms with Crippen molar-refractivity contribution in [2.45, 2.75) is 62.6 Å². The molecule has 7 nitrogen and oxygen atoms in total. The zero-order valence-electron chi connectivity index (χ0n) is 22.1. The highest BCUT2D eigenvalue weighted by molar-refractivity contribution is 7.89. The molecule has 3 aromatic carbocycles.